The van der Waals surface area contributed by atoms with Gasteiger partial charge in [-0.1, -0.05) is 36.2 Å². The number of benzene rings is 2. The first-order chi connectivity index (χ1) is 17.5. The van der Waals surface area contributed by atoms with Crippen molar-refractivity contribution in [2.75, 3.05) is 30.4 Å². The second kappa shape index (κ2) is 12.7. The number of ether oxygens (including phenoxy) is 2. The standard InChI is InChI=1S/C25H31Cl2N3O6S/c1-4-11-28-25(32)17(2)29(15-18-7-9-20(26)21(27)13-18)24(31)6-5-12-30(37(3,33)34)19-8-10-22-23(14-19)36-16-35-22/h7-10,13-14,17H,4-6,11-12,15-16H2,1-3H3,(H,28,32)/t17-/m0/s1. The Bertz CT molecular complexity index is 1240. The normalized spacial score (nSPS) is 13.2. The van der Waals surface area contributed by atoms with Crippen molar-refractivity contribution < 1.29 is 27.5 Å². The number of carbonyl (C=O) groups is 2. The molecule has 0 saturated carbocycles. The summed E-state index contributed by atoms with van der Waals surface area (Å²) in [5.74, 6) is 0.445. The fourth-order valence-corrected chi connectivity index (χ4v) is 5.14. The topological polar surface area (TPSA) is 105 Å². The van der Waals surface area contributed by atoms with E-state index < -0.39 is 16.1 Å². The zero-order valence-corrected chi connectivity index (χ0v) is 23.3. The summed E-state index contributed by atoms with van der Waals surface area (Å²) in [7, 11) is -3.63. The fraction of sp³-hybridized carbons (Fsp3) is 0.440. The fourth-order valence-electron chi connectivity index (χ4n) is 3.86. The molecule has 1 N–H and O–H groups in total. The molecule has 0 spiro atoms. The third-order valence-corrected chi connectivity index (χ3v) is 7.78. The van der Waals surface area contributed by atoms with E-state index in [1.807, 2.05) is 6.92 Å². The Morgan fingerprint density at radius 1 is 1.08 bits per heavy atom. The van der Waals surface area contributed by atoms with E-state index in [1.54, 1.807) is 43.3 Å². The third-order valence-electron chi connectivity index (χ3n) is 5.85. The number of anilines is 1. The van der Waals surface area contributed by atoms with Crippen LogP contribution in [0.25, 0.3) is 0 Å². The van der Waals surface area contributed by atoms with Gasteiger partial charge in [0.25, 0.3) is 0 Å². The van der Waals surface area contributed by atoms with Crippen LogP contribution in [0, 0.1) is 0 Å². The minimum atomic E-state index is -3.63. The molecule has 3 rings (SSSR count). The van der Waals surface area contributed by atoms with Gasteiger partial charge in [0.15, 0.2) is 11.5 Å². The molecule has 9 nitrogen and oxygen atoms in total. The Kier molecular flexibility index (Phi) is 9.92. The molecule has 0 fully saturated rings. The summed E-state index contributed by atoms with van der Waals surface area (Å²) in [5.41, 5.74) is 1.13. The van der Waals surface area contributed by atoms with Crippen LogP contribution in [0.3, 0.4) is 0 Å². The number of nitrogens with one attached hydrogen (secondary N) is 1. The van der Waals surface area contributed by atoms with Gasteiger partial charge >= 0.3 is 0 Å². The van der Waals surface area contributed by atoms with E-state index in [2.05, 4.69) is 5.32 Å². The van der Waals surface area contributed by atoms with Crippen molar-refractivity contribution in [3.05, 3.63) is 52.0 Å². The van der Waals surface area contributed by atoms with Crippen LogP contribution in [0.1, 0.15) is 38.7 Å². The number of amides is 2. The summed E-state index contributed by atoms with van der Waals surface area (Å²) in [6.07, 6.45) is 2.14. The number of halogens is 2. The lowest BCUT2D eigenvalue weighted by Gasteiger charge is -2.29. The van der Waals surface area contributed by atoms with E-state index >= 15 is 0 Å². The van der Waals surface area contributed by atoms with Crippen LogP contribution in [-0.4, -0.2) is 57.3 Å². The van der Waals surface area contributed by atoms with Crippen molar-refractivity contribution in [3.8, 4) is 11.5 Å². The van der Waals surface area contributed by atoms with E-state index in [0.717, 1.165) is 18.2 Å². The van der Waals surface area contributed by atoms with Crippen molar-refractivity contribution in [1.82, 2.24) is 10.2 Å². The zero-order chi connectivity index (χ0) is 27.2. The number of fused-ring (bicyclic) bond motifs is 1. The highest BCUT2D eigenvalue weighted by molar-refractivity contribution is 7.92. The summed E-state index contributed by atoms with van der Waals surface area (Å²) in [6.45, 7) is 4.39. The van der Waals surface area contributed by atoms with Crippen molar-refractivity contribution in [2.24, 2.45) is 0 Å². The Morgan fingerprint density at radius 3 is 2.49 bits per heavy atom. The monoisotopic (exact) mass is 571 g/mol. The Balaban J connectivity index is 1.73. The van der Waals surface area contributed by atoms with Crippen LogP contribution >= 0.6 is 23.2 Å². The molecule has 2 amide bonds. The van der Waals surface area contributed by atoms with Crippen LogP contribution in [0.4, 0.5) is 5.69 Å². The molecule has 0 aliphatic carbocycles. The molecule has 202 valence electrons. The van der Waals surface area contributed by atoms with Gasteiger partial charge in [0.05, 0.1) is 22.0 Å². The molecular formula is C25H31Cl2N3O6S. The van der Waals surface area contributed by atoms with Crippen LogP contribution in [-0.2, 0) is 26.2 Å². The molecule has 2 aromatic carbocycles. The first-order valence-corrected chi connectivity index (χ1v) is 14.5. The number of sulfonamides is 1. The van der Waals surface area contributed by atoms with Gasteiger partial charge in [-0.3, -0.25) is 13.9 Å². The number of carbonyl (C=O) groups excluding carboxylic acids is 2. The third kappa shape index (κ3) is 7.66. The van der Waals surface area contributed by atoms with Crippen LogP contribution in [0.5, 0.6) is 11.5 Å². The highest BCUT2D eigenvalue weighted by atomic mass is 35.5. The molecule has 0 saturated heterocycles. The highest BCUT2D eigenvalue weighted by Crippen LogP contribution is 2.36. The quantitative estimate of drug-likeness (QED) is 0.409. The summed E-state index contributed by atoms with van der Waals surface area (Å²) in [5, 5.41) is 3.56. The minimum absolute atomic E-state index is 0.0310. The largest absolute Gasteiger partial charge is 0.454 e. The molecule has 12 heteroatoms. The number of rotatable bonds is 12. The van der Waals surface area contributed by atoms with Gasteiger partial charge in [0.2, 0.25) is 28.6 Å². The molecular weight excluding hydrogens is 541 g/mol. The maximum atomic E-state index is 13.3. The van der Waals surface area contributed by atoms with Gasteiger partial charge in [-0.25, -0.2) is 8.42 Å². The molecule has 1 heterocycles. The van der Waals surface area contributed by atoms with Gasteiger partial charge in [0, 0.05) is 32.1 Å². The molecule has 1 atom stereocenters. The van der Waals surface area contributed by atoms with Gasteiger partial charge < -0.3 is 19.7 Å². The summed E-state index contributed by atoms with van der Waals surface area (Å²) < 4.78 is 36.9. The van der Waals surface area contributed by atoms with Crippen molar-refractivity contribution in [2.45, 2.75) is 45.7 Å². The van der Waals surface area contributed by atoms with Crippen molar-refractivity contribution >= 4 is 50.7 Å². The predicted molar refractivity (Wildman–Crippen MR) is 144 cm³/mol. The number of hydrogen-bond acceptors (Lipinski definition) is 6. The summed E-state index contributed by atoms with van der Waals surface area (Å²) in [4.78, 5) is 27.5. The molecule has 1 aliphatic rings. The number of hydrogen-bond donors (Lipinski definition) is 1. The first kappa shape index (κ1) is 28.9. The molecule has 0 unspecified atom stereocenters. The molecule has 37 heavy (non-hydrogen) atoms. The lowest BCUT2D eigenvalue weighted by Crippen LogP contribution is -2.47. The van der Waals surface area contributed by atoms with E-state index in [-0.39, 0.29) is 44.5 Å². The maximum Gasteiger partial charge on any atom is 0.242 e. The second-order valence-corrected chi connectivity index (χ2v) is 11.4. The van der Waals surface area contributed by atoms with Crippen LogP contribution < -0.4 is 19.1 Å². The highest BCUT2D eigenvalue weighted by Gasteiger charge is 2.27. The van der Waals surface area contributed by atoms with Gasteiger partial charge in [0.1, 0.15) is 6.04 Å². The summed E-state index contributed by atoms with van der Waals surface area (Å²) >= 11 is 12.2. The molecule has 2 aromatic rings. The van der Waals surface area contributed by atoms with Crippen LogP contribution in [0.2, 0.25) is 10.0 Å². The molecule has 0 bridgehead atoms. The average molecular weight is 573 g/mol. The smallest absolute Gasteiger partial charge is 0.242 e. The second-order valence-electron chi connectivity index (χ2n) is 8.71. The SMILES string of the molecule is CCCNC(=O)[C@H](C)N(Cc1ccc(Cl)c(Cl)c1)C(=O)CCCN(c1ccc2c(c1)OCO2)S(C)(=O)=O. The summed E-state index contributed by atoms with van der Waals surface area (Å²) in [6, 6.07) is 9.18. The van der Waals surface area contributed by atoms with Crippen LogP contribution in [0.15, 0.2) is 36.4 Å². The maximum absolute atomic E-state index is 13.3. The minimum Gasteiger partial charge on any atom is -0.454 e. The predicted octanol–water partition coefficient (Wildman–Crippen LogP) is 4.21. The lowest BCUT2D eigenvalue weighted by molar-refractivity contribution is -0.140. The van der Waals surface area contributed by atoms with E-state index in [9.17, 15) is 18.0 Å². The number of nitrogens with zero attached hydrogens (tertiary/aromatic N) is 2. The van der Waals surface area contributed by atoms with Gasteiger partial charge in [-0.2, -0.15) is 0 Å². The van der Waals surface area contributed by atoms with E-state index in [1.165, 1.54) is 9.21 Å². The van der Waals surface area contributed by atoms with Crippen molar-refractivity contribution in [1.29, 1.82) is 0 Å². The average Bonchev–Trinajstić information content (AvgIpc) is 3.32. The Morgan fingerprint density at radius 2 is 1.81 bits per heavy atom. The molecule has 0 radical (unpaired) electrons. The van der Waals surface area contributed by atoms with Gasteiger partial charge in [-0.05, 0) is 49.6 Å². The Labute approximate surface area is 227 Å². The van der Waals surface area contributed by atoms with Crippen molar-refractivity contribution in [3.63, 3.8) is 0 Å². The lowest BCUT2D eigenvalue weighted by atomic mass is 10.1. The molecule has 1 aliphatic heterocycles. The van der Waals surface area contributed by atoms with E-state index in [4.69, 9.17) is 32.7 Å². The first-order valence-electron chi connectivity index (χ1n) is 11.9. The molecule has 0 aromatic heterocycles. The van der Waals surface area contributed by atoms with Gasteiger partial charge in [-0.15, -0.1) is 0 Å². The Hall–Kier alpha value is -2.69. The zero-order valence-electron chi connectivity index (χ0n) is 21.0. The van der Waals surface area contributed by atoms with E-state index in [0.29, 0.717) is 33.8 Å².